The van der Waals surface area contributed by atoms with E-state index in [4.69, 9.17) is 0 Å². The summed E-state index contributed by atoms with van der Waals surface area (Å²) in [5.41, 5.74) is 2.34. The number of fused-ring (bicyclic) bond motifs is 2. The fraction of sp³-hybridized carbons (Fsp3) is 0.263. The van der Waals surface area contributed by atoms with Crippen LogP contribution in [0.3, 0.4) is 0 Å². The number of para-hydroxylation sites is 1. The number of nitrogens with one attached hydrogen (secondary N) is 2. The minimum atomic E-state index is -1.01. The summed E-state index contributed by atoms with van der Waals surface area (Å²) in [6.07, 6.45) is 4.23. The van der Waals surface area contributed by atoms with Gasteiger partial charge in [0.1, 0.15) is 5.60 Å². The van der Waals surface area contributed by atoms with Crippen LogP contribution >= 0.6 is 0 Å². The standard InChI is InChI=1S/C19H19N3O2/c23-18(15-8-3-6-14-11-21-22-17(14)15)20-12-19(24)10-4-7-13-5-1-2-9-16(13)19/h1-3,5-6,8-9,11,24H,4,7,10,12H2,(H,20,23)(H,21,22). The average Bonchev–Trinajstić information content (AvgIpc) is 3.09. The Balaban J connectivity index is 1.57. The molecule has 1 aliphatic carbocycles. The summed E-state index contributed by atoms with van der Waals surface area (Å²) in [4.78, 5) is 12.6. The van der Waals surface area contributed by atoms with E-state index in [-0.39, 0.29) is 12.5 Å². The van der Waals surface area contributed by atoms with E-state index >= 15 is 0 Å². The predicted molar refractivity (Wildman–Crippen MR) is 91.7 cm³/mol. The van der Waals surface area contributed by atoms with Gasteiger partial charge in [0.05, 0.1) is 23.8 Å². The van der Waals surface area contributed by atoms with Gasteiger partial charge < -0.3 is 10.4 Å². The Morgan fingerprint density at radius 1 is 1.25 bits per heavy atom. The fourth-order valence-corrected chi connectivity index (χ4v) is 3.56. The van der Waals surface area contributed by atoms with Crippen LogP contribution in [0.1, 0.15) is 34.3 Å². The normalized spacial score (nSPS) is 19.9. The number of benzene rings is 2. The maximum absolute atomic E-state index is 12.6. The smallest absolute Gasteiger partial charge is 0.253 e. The second-order valence-electron chi connectivity index (χ2n) is 6.36. The van der Waals surface area contributed by atoms with E-state index in [2.05, 4.69) is 15.5 Å². The van der Waals surface area contributed by atoms with Gasteiger partial charge in [0.15, 0.2) is 0 Å². The highest BCUT2D eigenvalue weighted by molar-refractivity contribution is 6.05. The van der Waals surface area contributed by atoms with Crippen molar-refractivity contribution in [2.24, 2.45) is 0 Å². The highest BCUT2D eigenvalue weighted by Gasteiger charge is 2.34. The molecule has 1 atom stereocenters. The molecule has 4 rings (SSSR count). The highest BCUT2D eigenvalue weighted by atomic mass is 16.3. The lowest BCUT2D eigenvalue weighted by Crippen LogP contribution is -2.43. The van der Waals surface area contributed by atoms with Crippen molar-refractivity contribution in [1.82, 2.24) is 15.5 Å². The minimum absolute atomic E-state index is 0.202. The Kier molecular flexibility index (Phi) is 3.58. The third-order valence-corrected chi connectivity index (χ3v) is 4.82. The topological polar surface area (TPSA) is 78.0 Å². The molecule has 0 spiro atoms. The van der Waals surface area contributed by atoms with Gasteiger partial charge in [-0.2, -0.15) is 5.10 Å². The van der Waals surface area contributed by atoms with Gasteiger partial charge in [-0.05, 0) is 36.5 Å². The molecular weight excluding hydrogens is 302 g/mol. The molecule has 0 bridgehead atoms. The van der Waals surface area contributed by atoms with Crippen molar-refractivity contribution in [3.8, 4) is 0 Å². The molecule has 5 heteroatoms. The van der Waals surface area contributed by atoms with E-state index in [1.165, 1.54) is 0 Å². The van der Waals surface area contributed by atoms with E-state index in [0.717, 1.165) is 29.4 Å². The average molecular weight is 321 g/mol. The molecule has 0 radical (unpaired) electrons. The Labute approximate surface area is 139 Å². The van der Waals surface area contributed by atoms with Crippen LogP contribution in [0.5, 0.6) is 0 Å². The quantitative estimate of drug-likeness (QED) is 0.693. The SMILES string of the molecule is O=C(NCC1(O)CCCc2ccccc21)c1cccc2cn[nH]c12. The first-order valence-electron chi connectivity index (χ1n) is 8.18. The fourth-order valence-electron chi connectivity index (χ4n) is 3.56. The molecule has 1 heterocycles. The number of carbonyl (C=O) groups is 1. The number of aromatic nitrogens is 2. The number of amides is 1. The number of nitrogens with zero attached hydrogens (tertiary/aromatic N) is 1. The summed E-state index contributed by atoms with van der Waals surface area (Å²) < 4.78 is 0. The van der Waals surface area contributed by atoms with E-state index < -0.39 is 5.60 Å². The zero-order valence-electron chi connectivity index (χ0n) is 13.2. The molecule has 24 heavy (non-hydrogen) atoms. The van der Waals surface area contributed by atoms with Crippen molar-refractivity contribution in [3.63, 3.8) is 0 Å². The van der Waals surface area contributed by atoms with Crippen molar-refractivity contribution in [1.29, 1.82) is 0 Å². The Hall–Kier alpha value is -2.66. The summed E-state index contributed by atoms with van der Waals surface area (Å²) in [6, 6.07) is 13.4. The van der Waals surface area contributed by atoms with Crippen molar-refractivity contribution >= 4 is 16.8 Å². The number of H-pyrrole nitrogens is 1. The van der Waals surface area contributed by atoms with Gasteiger partial charge in [-0.1, -0.05) is 36.4 Å². The molecule has 5 nitrogen and oxygen atoms in total. The maximum atomic E-state index is 12.6. The van der Waals surface area contributed by atoms with Crippen molar-refractivity contribution < 1.29 is 9.90 Å². The summed E-state index contributed by atoms with van der Waals surface area (Å²) in [5, 5.41) is 21.7. The number of aliphatic hydroxyl groups is 1. The Bertz CT molecular complexity index is 902. The second kappa shape index (κ2) is 5.76. The molecular formula is C19H19N3O2. The van der Waals surface area contributed by atoms with Crippen molar-refractivity contribution in [2.45, 2.75) is 24.9 Å². The molecule has 2 aromatic carbocycles. The molecule has 3 aromatic rings. The van der Waals surface area contributed by atoms with Gasteiger partial charge in [-0.25, -0.2) is 0 Å². The Morgan fingerprint density at radius 2 is 2.12 bits per heavy atom. The summed E-state index contributed by atoms with van der Waals surface area (Å²) in [5.74, 6) is -0.207. The number of hydrogen-bond donors (Lipinski definition) is 3. The number of aryl methyl sites for hydroxylation is 1. The second-order valence-corrected chi connectivity index (χ2v) is 6.36. The zero-order chi connectivity index (χ0) is 16.6. The van der Waals surface area contributed by atoms with Crippen LogP contribution in [0.4, 0.5) is 0 Å². The molecule has 0 fully saturated rings. The first-order chi connectivity index (χ1) is 11.7. The van der Waals surface area contributed by atoms with E-state index in [1.54, 1.807) is 12.3 Å². The molecule has 0 saturated heterocycles. The van der Waals surface area contributed by atoms with Crippen molar-refractivity contribution in [2.75, 3.05) is 6.54 Å². The lowest BCUT2D eigenvalue weighted by atomic mass is 9.79. The number of rotatable bonds is 3. The molecule has 3 N–H and O–H groups in total. The van der Waals surface area contributed by atoms with E-state index in [9.17, 15) is 9.90 Å². The van der Waals surface area contributed by atoms with Crippen LogP contribution in [0.15, 0.2) is 48.7 Å². The largest absolute Gasteiger partial charge is 0.383 e. The zero-order valence-corrected chi connectivity index (χ0v) is 13.2. The summed E-state index contributed by atoms with van der Waals surface area (Å²) in [7, 11) is 0. The van der Waals surface area contributed by atoms with E-state index in [0.29, 0.717) is 17.5 Å². The molecule has 1 aliphatic rings. The van der Waals surface area contributed by atoms with Crippen LogP contribution in [0.25, 0.3) is 10.9 Å². The van der Waals surface area contributed by atoms with Crippen LogP contribution in [0, 0.1) is 0 Å². The van der Waals surface area contributed by atoms with E-state index in [1.807, 2.05) is 36.4 Å². The number of aromatic amines is 1. The molecule has 1 unspecified atom stereocenters. The summed E-state index contributed by atoms with van der Waals surface area (Å²) >= 11 is 0. The van der Waals surface area contributed by atoms with Gasteiger partial charge in [0, 0.05) is 5.39 Å². The van der Waals surface area contributed by atoms with Crippen LogP contribution in [-0.4, -0.2) is 27.8 Å². The first kappa shape index (κ1) is 14.9. The third-order valence-electron chi connectivity index (χ3n) is 4.82. The number of carbonyl (C=O) groups excluding carboxylic acids is 1. The lowest BCUT2D eigenvalue weighted by Gasteiger charge is -2.34. The van der Waals surface area contributed by atoms with Crippen molar-refractivity contribution in [3.05, 3.63) is 65.4 Å². The molecule has 0 aliphatic heterocycles. The van der Waals surface area contributed by atoms with Gasteiger partial charge in [-0.15, -0.1) is 0 Å². The Morgan fingerprint density at radius 3 is 3.04 bits per heavy atom. The van der Waals surface area contributed by atoms with Crippen LogP contribution < -0.4 is 5.32 Å². The van der Waals surface area contributed by atoms with Crippen LogP contribution in [-0.2, 0) is 12.0 Å². The highest BCUT2D eigenvalue weighted by Crippen LogP contribution is 2.34. The maximum Gasteiger partial charge on any atom is 0.253 e. The monoisotopic (exact) mass is 321 g/mol. The molecule has 1 amide bonds. The van der Waals surface area contributed by atoms with Gasteiger partial charge >= 0.3 is 0 Å². The molecule has 0 saturated carbocycles. The van der Waals surface area contributed by atoms with Gasteiger partial charge in [0.2, 0.25) is 0 Å². The first-order valence-corrected chi connectivity index (χ1v) is 8.18. The lowest BCUT2D eigenvalue weighted by molar-refractivity contribution is 0.0189. The minimum Gasteiger partial charge on any atom is -0.383 e. The van der Waals surface area contributed by atoms with Crippen LogP contribution in [0.2, 0.25) is 0 Å². The van der Waals surface area contributed by atoms with Gasteiger partial charge in [0.25, 0.3) is 5.91 Å². The summed E-state index contributed by atoms with van der Waals surface area (Å²) in [6.45, 7) is 0.202. The number of hydrogen-bond acceptors (Lipinski definition) is 3. The molecule has 122 valence electrons. The predicted octanol–water partition coefficient (Wildman–Crippen LogP) is 2.52. The third kappa shape index (κ3) is 2.47. The van der Waals surface area contributed by atoms with Gasteiger partial charge in [-0.3, -0.25) is 9.89 Å². The molecule has 1 aromatic heterocycles.